The van der Waals surface area contributed by atoms with Crippen molar-refractivity contribution in [3.05, 3.63) is 0 Å². The first-order chi connectivity index (χ1) is 6.20. The molecule has 13 heavy (non-hydrogen) atoms. The van der Waals surface area contributed by atoms with Crippen molar-refractivity contribution in [1.82, 2.24) is 0 Å². The van der Waals surface area contributed by atoms with E-state index in [9.17, 15) is 0 Å². The van der Waals surface area contributed by atoms with Crippen molar-refractivity contribution in [3.63, 3.8) is 0 Å². The lowest BCUT2D eigenvalue weighted by Crippen LogP contribution is -2.32. The molecule has 0 spiro atoms. The third kappa shape index (κ3) is 3.74. The molecule has 1 atom stereocenters. The lowest BCUT2D eigenvalue weighted by Gasteiger charge is -2.21. The first-order valence-electron chi connectivity index (χ1n) is 4.69. The highest BCUT2D eigenvalue weighted by Crippen LogP contribution is 2.01. The predicted molar refractivity (Wildman–Crippen MR) is 51.9 cm³/mol. The lowest BCUT2D eigenvalue weighted by atomic mass is 10.2. The van der Waals surface area contributed by atoms with Crippen molar-refractivity contribution >= 4 is 5.84 Å². The van der Waals surface area contributed by atoms with Crippen molar-refractivity contribution < 1.29 is 9.47 Å². The van der Waals surface area contributed by atoms with E-state index in [-0.39, 0.29) is 6.10 Å². The summed E-state index contributed by atoms with van der Waals surface area (Å²) in [5.41, 5.74) is 5.69. The summed E-state index contributed by atoms with van der Waals surface area (Å²) in [6, 6.07) is 0. The number of nitrogens with zero attached hydrogens (tertiary/aromatic N) is 1. The Bertz CT molecular complexity index is 174. The maximum atomic E-state index is 5.69. The van der Waals surface area contributed by atoms with Crippen LogP contribution in [0, 0.1) is 5.92 Å². The highest BCUT2D eigenvalue weighted by molar-refractivity contribution is 5.82. The van der Waals surface area contributed by atoms with E-state index in [1.54, 1.807) is 0 Å². The first-order valence-corrected chi connectivity index (χ1v) is 4.69. The summed E-state index contributed by atoms with van der Waals surface area (Å²) >= 11 is 0. The van der Waals surface area contributed by atoms with Crippen LogP contribution in [0.2, 0.25) is 0 Å². The standard InChI is InChI=1S/C9H18N2O2/c1-7(2)9(10)11-5-8-6-12-3-4-13-8/h7-8H,3-6H2,1-2H3,(H2,10,11). The lowest BCUT2D eigenvalue weighted by molar-refractivity contribution is -0.0832. The predicted octanol–water partition coefficient (Wildman–Crippen LogP) is 0.415. The second kappa shape index (κ2) is 5.19. The molecule has 0 bridgehead atoms. The minimum absolute atomic E-state index is 0.0889. The van der Waals surface area contributed by atoms with Crippen LogP contribution in [0.1, 0.15) is 13.8 Å². The number of hydrogen-bond donors (Lipinski definition) is 1. The summed E-state index contributed by atoms with van der Waals surface area (Å²) in [6.07, 6.45) is 0.0889. The summed E-state index contributed by atoms with van der Waals surface area (Å²) in [5.74, 6) is 0.999. The van der Waals surface area contributed by atoms with Gasteiger partial charge in [0.2, 0.25) is 0 Å². The van der Waals surface area contributed by atoms with Gasteiger partial charge in [0.05, 0.1) is 32.2 Å². The van der Waals surface area contributed by atoms with Crippen LogP contribution in [0.15, 0.2) is 4.99 Å². The average Bonchev–Trinajstić information content (AvgIpc) is 2.15. The van der Waals surface area contributed by atoms with Crippen LogP contribution in [0.5, 0.6) is 0 Å². The van der Waals surface area contributed by atoms with Crippen LogP contribution >= 0.6 is 0 Å². The molecule has 1 fully saturated rings. The van der Waals surface area contributed by atoms with E-state index in [0.29, 0.717) is 38.1 Å². The fourth-order valence-corrected chi connectivity index (χ4v) is 1.03. The van der Waals surface area contributed by atoms with Gasteiger partial charge in [0.15, 0.2) is 0 Å². The zero-order valence-electron chi connectivity index (χ0n) is 8.32. The van der Waals surface area contributed by atoms with Crippen LogP contribution < -0.4 is 5.73 Å². The quantitative estimate of drug-likeness (QED) is 0.513. The Balaban J connectivity index is 2.27. The third-order valence-electron chi connectivity index (χ3n) is 1.95. The number of ether oxygens (including phenoxy) is 2. The van der Waals surface area contributed by atoms with Gasteiger partial charge < -0.3 is 15.2 Å². The van der Waals surface area contributed by atoms with E-state index in [0.717, 1.165) is 0 Å². The van der Waals surface area contributed by atoms with Crippen LogP contribution in [0.25, 0.3) is 0 Å². The van der Waals surface area contributed by atoms with Gasteiger partial charge in [-0.05, 0) is 0 Å². The minimum atomic E-state index is 0.0889. The molecule has 1 heterocycles. The molecule has 1 aliphatic heterocycles. The first kappa shape index (κ1) is 10.5. The molecule has 76 valence electrons. The van der Waals surface area contributed by atoms with Crippen LogP contribution in [0.3, 0.4) is 0 Å². The van der Waals surface area contributed by atoms with Crippen molar-refractivity contribution in [2.45, 2.75) is 20.0 Å². The van der Waals surface area contributed by atoms with Gasteiger partial charge >= 0.3 is 0 Å². The van der Waals surface area contributed by atoms with Gasteiger partial charge in [-0.25, -0.2) is 0 Å². The summed E-state index contributed by atoms with van der Waals surface area (Å²) in [7, 11) is 0. The molecule has 0 aromatic rings. The Hall–Kier alpha value is -0.610. The van der Waals surface area contributed by atoms with Gasteiger partial charge in [-0.15, -0.1) is 0 Å². The second-order valence-corrected chi connectivity index (χ2v) is 3.49. The minimum Gasteiger partial charge on any atom is -0.387 e. The SMILES string of the molecule is CC(C)C(N)=NCC1COCCO1. The topological polar surface area (TPSA) is 56.8 Å². The largest absolute Gasteiger partial charge is 0.387 e. The van der Waals surface area contributed by atoms with E-state index in [1.807, 2.05) is 13.8 Å². The summed E-state index contributed by atoms with van der Waals surface area (Å²) in [5, 5.41) is 0. The van der Waals surface area contributed by atoms with Gasteiger partial charge in [-0.3, -0.25) is 4.99 Å². The molecule has 0 aliphatic carbocycles. The Morgan fingerprint density at radius 3 is 2.85 bits per heavy atom. The summed E-state index contributed by atoms with van der Waals surface area (Å²) in [4.78, 5) is 4.24. The number of amidine groups is 1. The molecule has 0 amide bonds. The van der Waals surface area contributed by atoms with Crippen LogP contribution in [-0.2, 0) is 9.47 Å². The smallest absolute Gasteiger partial charge is 0.100 e. The molecule has 0 aromatic carbocycles. The average molecular weight is 186 g/mol. The summed E-state index contributed by atoms with van der Waals surface area (Å²) in [6.45, 7) is 6.66. The van der Waals surface area contributed by atoms with Crippen molar-refractivity contribution in [2.75, 3.05) is 26.4 Å². The Kier molecular flexibility index (Phi) is 4.18. The molecule has 1 aliphatic rings. The van der Waals surface area contributed by atoms with Gasteiger partial charge in [0.1, 0.15) is 6.10 Å². The molecule has 2 N–H and O–H groups in total. The van der Waals surface area contributed by atoms with E-state index in [1.165, 1.54) is 0 Å². The van der Waals surface area contributed by atoms with E-state index < -0.39 is 0 Å². The Morgan fingerprint density at radius 2 is 2.31 bits per heavy atom. The molecule has 0 aromatic heterocycles. The third-order valence-corrected chi connectivity index (χ3v) is 1.95. The van der Waals surface area contributed by atoms with Crippen molar-refractivity contribution in [3.8, 4) is 0 Å². The number of aliphatic imine (C=N–C) groups is 1. The van der Waals surface area contributed by atoms with E-state index in [2.05, 4.69) is 4.99 Å². The maximum Gasteiger partial charge on any atom is 0.100 e. The van der Waals surface area contributed by atoms with E-state index in [4.69, 9.17) is 15.2 Å². The summed E-state index contributed by atoms with van der Waals surface area (Å²) < 4.78 is 10.7. The van der Waals surface area contributed by atoms with Gasteiger partial charge in [-0.2, -0.15) is 0 Å². The molecule has 1 unspecified atom stereocenters. The zero-order valence-corrected chi connectivity index (χ0v) is 8.32. The number of nitrogens with two attached hydrogens (primary N) is 1. The fourth-order valence-electron chi connectivity index (χ4n) is 1.03. The van der Waals surface area contributed by atoms with Crippen molar-refractivity contribution in [1.29, 1.82) is 0 Å². The molecule has 1 rings (SSSR count). The van der Waals surface area contributed by atoms with Crippen LogP contribution in [-0.4, -0.2) is 38.3 Å². The molecule has 4 nitrogen and oxygen atoms in total. The monoisotopic (exact) mass is 186 g/mol. The molecule has 0 radical (unpaired) electrons. The molecule has 4 heteroatoms. The molecule has 0 saturated carbocycles. The molecule has 1 saturated heterocycles. The normalized spacial score (nSPS) is 25.2. The van der Waals surface area contributed by atoms with Crippen molar-refractivity contribution in [2.24, 2.45) is 16.6 Å². The zero-order chi connectivity index (χ0) is 9.68. The molecular weight excluding hydrogens is 168 g/mol. The van der Waals surface area contributed by atoms with Gasteiger partial charge in [0, 0.05) is 5.92 Å². The van der Waals surface area contributed by atoms with Gasteiger partial charge in [0.25, 0.3) is 0 Å². The number of rotatable bonds is 3. The molecular formula is C9H18N2O2. The van der Waals surface area contributed by atoms with E-state index >= 15 is 0 Å². The maximum absolute atomic E-state index is 5.69. The highest BCUT2D eigenvalue weighted by atomic mass is 16.6. The van der Waals surface area contributed by atoms with Crippen LogP contribution in [0.4, 0.5) is 0 Å². The highest BCUT2D eigenvalue weighted by Gasteiger charge is 2.13. The fraction of sp³-hybridized carbons (Fsp3) is 0.889. The second-order valence-electron chi connectivity index (χ2n) is 3.49. The number of hydrogen-bond acceptors (Lipinski definition) is 3. The Labute approximate surface area is 79.1 Å². The Morgan fingerprint density at radius 1 is 1.54 bits per heavy atom. The van der Waals surface area contributed by atoms with Gasteiger partial charge in [-0.1, -0.05) is 13.8 Å².